The van der Waals surface area contributed by atoms with Gasteiger partial charge in [0.25, 0.3) is 0 Å². The Morgan fingerprint density at radius 1 is 1.19 bits per heavy atom. The van der Waals surface area contributed by atoms with Crippen LogP contribution in [0.15, 0.2) is 18.2 Å². The molecule has 1 unspecified atom stereocenters. The molecule has 0 aliphatic carbocycles. The highest BCUT2D eigenvalue weighted by molar-refractivity contribution is 6.32. The van der Waals surface area contributed by atoms with E-state index < -0.39 is 0 Å². The molecule has 1 N–H and O–H groups in total. The van der Waals surface area contributed by atoms with E-state index in [-0.39, 0.29) is 24.0 Å². The number of hydrogen-bond acceptors (Lipinski definition) is 5. The molecule has 7 heteroatoms. The van der Waals surface area contributed by atoms with Crippen LogP contribution in [-0.4, -0.2) is 45.4 Å². The Balaban J connectivity index is 1.61. The van der Waals surface area contributed by atoms with Crippen LogP contribution in [-0.2, 0) is 19.1 Å². The van der Waals surface area contributed by atoms with E-state index in [0.717, 1.165) is 43.6 Å². The van der Waals surface area contributed by atoms with Crippen molar-refractivity contribution in [2.24, 2.45) is 5.92 Å². The van der Waals surface area contributed by atoms with Crippen molar-refractivity contribution >= 4 is 29.1 Å². The standard InChI is InChI=1S/C20H27ClN2O4/c1-26-19(27-2)11-13-7-9-23(10-8-13)14-3-4-15(17(21)12-14)16-5-6-18(24)22-20(16)25/h3-4,12-13,16,19H,5-11H2,1-2H3,(H,22,24,25). The average molecular weight is 395 g/mol. The summed E-state index contributed by atoms with van der Waals surface area (Å²) in [5.41, 5.74) is 1.87. The number of imide groups is 1. The van der Waals surface area contributed by atoms with E-state index in [1.54, 1.807) is 14.2 Å². The van der Waals surface area contributed by atoms with Crippen LogP contribution in [0.5, 0.6) is 0 Å². The number of benzene rings is 1. The molecule has 2 aliphatic heterocycles. The maximum atomic E-state index is 12.1. The molecule has 0 radical (unpaired) electrons. The molecule has 1 aromatic carbocycles. The molecule has 27 heavy (non-hydrogen) atoms. The molecule has 148 valence electrons. The first kappa shape index (κ1) is 20.1. The lowest BCUT2D eigenvalue weighted by Crippen LogP contribution is -2.39. The molecule has 2 saturated heterocycles. The van der Waals surface area contributed by atoms with Crippen LogP contribution in [0.3, 0.4) is 0 Å². The molecule has 0 bridgehead atoms. The van der Waals surface area contributed by atoms with Crippen LogP contribution in [0.4, 0.5) is 5.69 Å². The Bertz CT molecular complexity index is 685. The summed E-state index contributed by atoms with van der Waals surface area (Å²) in [6.07, 6.45) is 3.80. The van der Waals surface area contributed by atoms with Gasteiger partial charge in [-0.2, -0.15) is 0 Å². The summed E-state index contributed by atoms with van der Waals surface area (Å²) in [6.45, 7) is 1.91. The van der Waals surface area contributed by atoms with Gasteiger partial charge in [-0.15, -0.1) is 0 Å². The molecule has 2 amide bonds. The van der Waals surface area contributed by atoms with Gasteiger partial charge in [-0.1, -0.05) is 17.7 Å². The molecule has 2 heterocycles. The van der Waals surface area contributed by atoms with Gasteiger partial charge in [-0.3, -0.25) is 14.9 Å². The van der Waals surface area contributed by atoms with Gasteiger partial charge in [0.1, 0.15) is 0 Å². The monoisotopic (exact) mass is 394 g/mol. The Morgan fingerprint density at radius 2 is 1.89 bits per heavy atom. The first-order valence-corrected chi connectivity index (χ1v) is 9.83. The highest BCUT2D eigenvalue weighted by Gasteiger charge is 2.30. The molecule has 2 aliphatic rings. The number of piperidine rings is 2. The lowest BCUT2D eigenvalue weighted by molar-refractivity contribution is -0.134. The Morgan fingerprint density at radius 3 is 2.48 bits per heavy atom. The molecule has 0 saturated carbocycles. The van der Waals surface area contributed by atoms with Gasteiger partial charge in [0.2, 0.25) is 11.8 Å². The molecule has 0 aromatic heterocycles. The Kier molecular flexibility index (Phi) is 6.73. The van der Waals surface area contributed by atoms with Crippen molar-refractivity contribution < 1.29 is 19.1 Å². The quantitative estimate of drug-likeness (QED) is 0.593. The molecule has 6 nitrogen and oxygen atoms in total. The second kappa shape index (κ2) is 9.04. The van der Waals surface area contributed by atoms with Crippen molar-refractivity contribution in [3.63, 3.8) is 0 Å². The smallest absolute Gasteiger partial charge is 0.234 e. The number of halogens is 1. The zero-order valence-corrected chi connectivity index (χ0v) is 16.6. The van der Waals surface area contributed by atoms with Crippen LogP contribution in [0, 0.1) is 5.92 Å². The SMILES string of the molecule is COC(CC1CCN(c2ccc(C3CCC(=O)NC3=O)c(Cl)c2)CC1)OC. The summed E-state index contributed by atoms with van der Waals surface area (Å²) < 4.78 is 10.6. The maximum absolute atomic E-state index is 12.1. The van der Waals surface area contributed by atoms with Gasteiger partial charge in [0.05, 0.1) is 5.92 Å². The lowest BCUT2D eigenvalue weighted by Gasteiger charge is -2.35. The van der Waals surface area contributed by atoms with E-state index in [9.17, 15) is 9.59 Å². The maximum Gasteiger partial charge on any atom is 0.234 e. The number of carbonyl (C=O) groups excluding carboxylic acids is 2. The lowest BCUT2D eigenvalue weighted by atomic mass is 9.90. The third-order valence-corrected chi connectivity index (χ3v) is 5.96. The van der Waals surface area contributed by atoms with Gasteiger partial charge < -0.3 is 14.4 Å². The molecule has 1 atom stereocenters. The first-order valence-electron chi connectivity index (χ1n) is 9.45. The normalized spacial score (nSPS) is 21.6. The van der Waals surface area contributed by atoms with Crippen molar-refractivity contribution in [2.45, 2.75) is 44.3 Å². The third-order valence-electron chi connectivity index (χ3n) is 5.63. The van der Waals surface area contributed by atoms with Crippen molar-refractivity contribution in [1.29, 1.82) is 0 Å². The van der Waals surface area contributed by atoms with Crippen molar-refractivity contribution in [1.82, 2.24) is 5.32 Å². The van der Waals surface area contributed by atoms with Crippen LogP contribution in [0.25, 0.3) is 0 Å². The van der Waals surface area contributed by atoms with Gasteiger partial charge in [-0.25, -0.2) is 0 Å². The first-order chi connectivity index (χ1) is 13.0. The summed E-state index contributed by atoms with van der Waals surface area (Å²) >= 11 is 6.49. The number of nitrogens with zero attached hydrogens (tertiary/aromatic N) is 1. The fourth-order valence-electron chi connectivity index (χ4n) is 3.97. The van der Waals surface area contributed by atoms with E-state index >= 15 is 0 Å². The Labute approximate surface area is 165 Å². The zero-order chi connectivity index (χ0) is 19.4. The van der Waals surface area contributed by atoms with E-state index in [0.29, 0.717) is 23.8 Å². The number of methoxy groups -OCH3 is 2. The van der Waals surface area contributed by atoms with E-state index in [1.807, 2.05) is 18.2 Å². The zero-order valence-electron chi connectivity index (χ0n) is 15.9. The molecule has 3 rings (SSSR count). The topological polar surface area (TPSA) is 67.9 Å². The predicted octanol–water partition coefficient (Wildman–Crippen LogP) is 3.09. The molecular weight excluding hydrogens is 368 g/mol. The summed E-state index contributed by atoms with van der Waals surface area (Å²) in [7, 11) is 3.35. The average Bonchev–Trinajstić information content (AvgIpc) is 2.67. The van der Waals surface area contributed by atoms with Crippen molar-refractivity contribution in [3.05, 3.63) is 28.8 Å². The third kappa shape index (κ3) is 4.81. The Hall–Kier alpha value is -1.63. The molecule has 1 aromatic rings. The molecular formula is C20H27ClN2O4. The van der Waals surface area contributed by atoms with Crippen LogP contribution in [0.1, 0.15) is 43.6 Å². The summed E-state index contributed by atoms with van der Waals surface area (Å²) in [4.78, 5) is 25.8. The minimum Gasteiger partial charge on any atom is -0.371 e. The number of ether oxygens (including phenoxy) is 2. The number of rotatable bonds is 6. The van der Waals surface area contributed by atoms with E-state index in [2.05, 4.69) is 10.2 Å². The number of carbonyl (C=O) groups is 2. The van der Waals surface area contributed by atoms with E-state index in [4.69, 9.17) is 21.1 Å². The van der Waals surface area contributed by atoms with Crippen LogP contribution >= 0.6 is 11.6 Å². The van der Waals surface area contributed by atoms with Crippen molar-refractivity contribution in [3.8, 4) is 0 Å². The number of anilines is 1. The van der Waals surface area contributed by atoms with Gasteiger partial charge in [0, 0.05) is 50.9 Å². The van der Waals surface area contributed by atoms with Crippen molar-refractivity contribution in [2.75, 3.05) is 32.2 Å². The number of amides is 2. The minimum absolute atomic E-state index is 0.135. The highest BCUT2D eigenvalue weighted by Crippen LogP contribution is 2.34. The predicted molar refractivity (Wildman–Crippen MR) is 104 cm³/mol. The second-order valence-corrected chi connectivity index (χ2v) is 7.68. The molecule has 2 fully saturated rings. The van der Waals surface area contributed by atoms with Crippen LogP contribution < -0.4 is 10.2 Å². The highest BCUT2D eigenvalue weighted by atomic mass is 35.5. The summed E-state index contributed by atoms with van der Waals surface area (Å²) in [5, 5.41) is 2.98. The van der Waals surface area contributed by atoms with Gasteiger partial charge >= 0.3 is 0 Å². The van der Waals surface area contributed by atoms with Gasteiger partial charge in [-0.05, 0) is 42.9 Å². The second-order valence-electron chi connectivity index (χ2n) is 7.28. The van der Waals surface area contributed by atoms with Gasteiger partial charge in [0.15, 0.2) is 6.29 Å². The number of nitrogens with one attached hydrogen (secondary N) is 1. The fourth-order valence-corrected chi connectivity index (χ4v) is 4.28. The summed E-state index contributed by atoms with van der Waals surface area (Å²) in [5.74, 6) is -0.233. The molecule has 0 spiro atoms. The number of hydrogen-bond donors (Lipinski definition) is 1. The largest absolute Gasteiger partial charge is 0.371 e. The minimum atomic E-state index is -0.352. The fraction of sp³-hybridized carbons (Fsp3) is 0.600. The van der Waals surface area contributed by atoms with Crippen LogP contribution in [0.2, 0.25) is 5.02 Å². The summed E-state index contributed by atoms with van der Waals surface area (Å²) in [6, 6.07) is 5.89. The van der Waals surface area contributed by atoms with E-state index in [1.165, 1.54) is 0 Å².